The van der Waals surface area contributed by atoms with Crippen LogP contribution in [0.3, 0.4) is 0 Å². The second kappa shape index (κ2) is 8.15. The van der Waals surface area contributed by atoms with Crippen LogP contribution in [-0.2, 0) is 4.79 Å². The molecule has 0 aromatic carbocycles. The molecular formula is C24H30N6OS. The summed E-state index contributed by atoms with van der Waals surface area (Å²) >= 11 is 1.85. The van der Waals surface area contributed by atoms with Gasteiger partial charge in [0.1, 0.15) is 0 Å². The van der Waals surface area contributed by atoms with E-state index in [-0.39, 0.29) is 0 Å². The van der Waals surface area contributed by atoms with E-state index in [1.807, 2.05) is 22.0 Å². The number of anilines is 1. The summed E-state index contributed by atoms with van der Waals surface area (Å²) < 4.78 is 2.00. The van der Waals surface area contributed by atoms with Crippen LogP contribution in [0.15, 0.2) is 24.5 Å². The van der Waals surface area contributed by atoms with E-state index in [0.29, 0.717) is 17.7 Å². The first kappa shape index (κ1) is 20.2. The van der Waals surface area contributed by atoms with E-state index >= 15 is 0 Å². The highest BCUT2D eigenvalue weighted by Crippen LogP contribution is 2.38. The van der Waals surface area contributed by atoms with Crippen molar-refractivity contribution in [2.75, 3.05) is 44.2 Å². The maximum Gasteiger partial charge on any atom is 0.225 e. The minimum atomic E-state index is 0.305. The normalized spacial score (nSPS) is 20.3. The molecule has 0 unspecified atom stereocenters. The van der Waals surface area contributed by atoms with Crippen molar-refractivity contribution >= 4 is 28.4 Å². The lowest BCUT2D eigenvalue weighted by Crippen LogP contribution is -2.49. The Kier molecular flexibility index (Phi) is 5.14. The van der Waals surface area contributed by atoms with Crippen LogP contribution >= 0.6 is 11.3 Å². The molecule has 7 nitrogen and oxygen atoms in total. The molecule has 6 rings (SSSR count). The molecule has 3 aliphatic rings. The molecule has 1 aliphatic carbocycles. The van der Waals surface area contributed by atoms with Gasteiger partial charge in [-0.05, 0) is 57.8 Å². The first-order valence-electron chi connectivity index (χ1n) is 11.9. The molecule has 0 atom stereocenters. The van der Waals surface area contributed by atoms with Gasteiger partial charge < -0.3 is 15.1 Å². The van der Waals surface area contributed by atoms with Crippen LogP contribution in [0.4, 0.5) is 5.69 Å². The molecule has 8 heteroatoms. The Morgan fingerprint density at radius 1 is 1.12 bits per heavy atom. The first-order valence-corrected chi connectivity index (χ1v) is 12.7. The Morgan fingerprint density at radius 3 is 2.66 bits per heavy atom. The summed E-state index contributed by atoms with van der Waals surface area (Å²) in [4.78, 5) is 23.1. The van der Waals surface area contributed by atoms with Crippen molar-refractivity contribution in [2.45, 2.75) is 38.5 Å². The maximum atomic E-state index is 12.4. The zero-order valence-electron chi connectivity index (χ0n) is 18.6. The fourth-order valence-corrected chi connectivity index (χ4v) is 6.29. The third-order valence-electron chi connectivity index (χ3n) is 7.11. The number of aromatic nitrogens is 3. The Labute approximate surface area is 192 Å². The Bertz CT molecular complexity index is 1130. The van der Waals surface area contributed by atoms with Crippen molar-refractivity contribution in [1.29, 1.82) is 0 Å². The predicted molar refractivity (Wildman–Crippen MR) is 127 cm³/mol. The van der Waals surface area contributed by atoms with Crippen LogP contribution in [0.5, 0.6) is 0 Å². The van der Waals surface area contributed by atoms with Crippen molar-refractivity contribution < 1.29 is 4.79 Å². The molecule has 1 amide bonds. The number of hydrogen-bond donors (Lipinski definition) is 1. The van der Waals surface area contributed by atoms with E-state index in [2.05, 4.69) is 45.5 Å². The summed E-state index contributed by atoms with van der Waals surface area (Å²) in [7, 11) is 0. The number of amides is 1. The van der Waals surface area contributed by atoms with Crippen LogP contribution in [0.1, 0.15) is 42.3 Å². The molecular weight excluding hydrogens is 420 g/mol. The number of nitrogens with zero attached hydrogens (tertiary/aromatic N) is 5. The summed E-state index contributed by atoms with van der Waals surface area (Å²) in [5, 5.41) is 9.31. The molecule has 3 aromatic rings. The van der Waals surface area contributed by atoms with Crippen molar-refractivity contribution in [1.82, 2.24) is 24.8 Å². The Balaban J connectivity index is 1.25. The quantitative estimate of drug-likeness (QED) is 0.661. The number of piperidine rings is 1. The zero-order valence-corrected chi connectivity index (χ0v) is 19.4. The van der Waals surface area contributed by atoms with Gasteiger partial charge >= 0.3 is 0 Å². The minimum absolute atomic E-state index is 0.305. The Morgan fingerprint density at radius 2 is 1.91 bits per heavy atom. The lowest BCUT2D eigenvalue weighted by Gasteiger charge is -2.36. The fraction of sp³-hybridized carbons (Fsp3) is 0.542. The van der Waals surface area contributed by atoms with Gasteiger partial charge in [0.15, 0.2) is 0 Å². The molecule has 1 N–H and O–H groups in total. The predicted octanol–water partition coefficient (Wildman–Crippen LogP) is 3.29. The number of thiazole rings is 1. The van der Waals surface area contributed by atoms with Crippen LogP contribution < -0.4 is 10.2 Å². The van der Waals surface area contributed by atoms with Gasteiger partial charge in [-0.2, -0.15) is 5.10 Å². The third kappa shape index (κ3) is 3.69. The molecule has 0 bridgehead atoms. The number of fused-ring (bicyclic) bond motifs is 1. The molecule has 0 radical (unpaired) electrons. The number of carbonyl (C=O) groups excluding carboxylic acids is 1. The standard InChI is InChI=1S/C24H30N6OS/c1-16-22(32-23(27-16)17-4-7-25-8-5-17)19-14-21-20(6-9-26-30(21)15-19)28-10-12-29(13-11-28)24(31)18-2-3-18/h6,9,14-15,17-18,25H,2-5,7-8,10-13H2,1H3. The van der Waals surface area contributed by atoms with E-state index in [4.69, 9.17) is 4.98 Å². The second-order valence-electron chi connectivity index (χ2n) is 9.35. The highest BCUT2D eigenvalue weighted by atomic mass is 32.1. The van der Waals surface area contributed by atoms with E-state index in [0.717, 1.165) is 63.3 Å². The molecule has 168 valence electrons. The van der Waals surface area contributed by atoms with Gasteiger partial charge in [-0.25, -0.2) is 9.50 Å². The lowest BCUT2D eigenvalue weighted by molar-refractivity contribution is -0.132. The van der Waals surface area contributed by atoms with Gasteiger partial charge in [0.05, 0.1) is 26.8 Å². The highest BCUT2D eigenvalue weighted by molar-refractivity contribution is 7.15. The van der Waals surface area contributed by atoms with Crippen molar-refractivity contribution in [3.8, 4) is 10.4 Å². The summed E-state index contributed by atoms with van der Waals surface area (Å²) in [6.07, 6.45) is 8.52. The molecule has 1 saturated carbocycles. The van der Waals surface area contributed by atoms with Gasteiger partial charge in [-0.15, -0.1) is 11.3 Å². The summed E-state index contributed by atoms with van der Waals surface area (Å²) in [6, 6.07) is 4.37. The monoisotopic (exact) mass is 450 g/mol. The van der Waals surface area contributed by atoms with Crippen molar-refractivity contribution in [3.63, 3.8) is 0 Å². The maximum absolute atomic E-state index is 12.4. The van der Waals surface area contributed by atoms with E-state index in [1.165, 1.54) is 34.0 Å². The van der Waals surface area contributed by atoms with Gasteiger partial charge in [0.2, 0.25) is 5.91 Å². The lowest BCUT2D eigenvalue weighted by atomic mass is 9.99. The van der Waals surface area contributed by atoms with Crippen molar-refractivity contribution in [3.05, 3.63) is 35.2 Å². The summed E-state index contributed by atoms with van der Waals surface area (Å²) in [5.41, 5.74) is 4.64. The van der Waals surface area contributed by atoms with Gasteiger partial charge in [0.25, 0.3) is 0 Å². The van der Waals surface area contributed by atoms with Crippen LogP contribution in [-0.4, -0.2) is 64.7 Å². The second-order valence-corrected chi connectivity index (χ2v) is 10.4. The van der Waals surface area contributed by atoms with Gasteiger partial charge in [0, 0.05) is 56.0 Å². The number of aryl methyl sites for hydroxylation is 1. The van der Waals surface area contributed by atoms with Gasteiger partial charge in [-0.1, -0.05) is 0 Å². The SMILES string of the molecule is Cc1nc(C2CCNCC2)sc1-c1cc2c(N3CCN(C(=O)C4CC4)CC3)ccnn2c1. The van der Waals surface area contributed by atoms with Crippen molar-refractivity contribution in [2.24, 2.45) is 5.92 Å². The molecule has 0 spiro atoms. The number of rotatable bonds is 4. The molecule has 32 heavy (non-hydrogen) atoms. The van der Waals surface area contributed by atoms with E-state index in [9.17, 15) is 4.79 Å². The van der Waals surface area contributed by atoms with Crippen LogP contribution in [0.2, 0.25) is 0 Å². The Hall–Kier alpha value is -2.45. The largest absolute Gasteiger partial charge is 0.366 e. The third-order valence-corrected chi connectivity index (χ3v) is 8.48. The van der Waals surface area contributed by atoms with Gasteiger partial charge in [-0.3, -0.25) is 4.79 Å². The molecule has 3 fully saturated rings. The first-order chi connectivity index (χ1) is 15.7. The average Bonchev–Trinajstić information content (AvgIpc) is 3.48. The molecule has 5 heterocycles. The minimum Gasteiger partial charge on any atom is -0.366 e. The number of hydrogen-bond acceptors (Lipinski definition) is 6. The molecule has 2 saturated heterocycles. The van der Waals surface area contributed by atoms with E-state index in [1.54, 1.807) is 0 Å². The molecule has 2 aliphatic heterocycles. The number of piperazine rings is 1. The smallest absolute Gasteiger partial charge is 0.225 e. The highest BCUT2D eigenvalue weighted by Gasteiger charge is 2.34. The summed E-state index contributed by atoms with van der Waals surface area (Å²) in [5.74, 6) is 1.24. The van der Waals surface area contributed by atoms with E-state index < -0.39 is 0 Å². The van der Waals surface area contributed by atoms with Crippen LogP contribution in [0.25, 0.3) is 16.0 Å². The fourth-order valence-electron chi connectivity index (χ4n) is 5.08. The zero-order chi connectivity index (χ0) is 21.7. The topological polar surface area (TPSA) is 65.8 Å². The molecule has 3 aromatic heterocycles. The number of nitrogens with one attached hydrogen (secondary N) is 1. The van der Waals surface area contributed by atoms with Crippen LogP contribution in [0, 0.1) is 12.8 Å². The average molecular weight is 451 g/mol. The summed E-state index contributed by atoms with van der Waals surface area (Å²) in [6.45, 7) is 7.67. The number of carbonyl (C=O) groups is 1.